The molecule has 1 fully saturated rings. The van der Waals surface area contributed by atoms with Crippen LogP contribution in [-0.2, 0) is 11.8 Å². The van der Waals surface area contributed by atoms with Crippen LogP contribution in [0.15, 0.2) is 6.33 Å². The highest BCUT2D eigenvalue weighted by molar-refractivity contribution is 5.93. The van der Waals surface area contributed by atoms with Gasteiger partial charge in [-0.15, -0.1) is 0 Å². The lowest BCUT2D eigenvalue weighted by atomic mass is 10.1. The molecule has 0 aliphatic carbocycles. The molecule has 0 saturated carbocycles. The summed E-state index contributed by atoms with van der Waals surface area (Å²) in [7, 11) is 1.87. The van der Waals surface area contributed by atoms with Crippen LogP contribution in [0.2, 0.25) is 0 Å². The van der Waals surface area contributed by atoms with Gasteiger partial charge in [0.2, 0.25) is 5.91 Å². The van der Waals surface area contributed by atoms with Crippen molar-refractivity contribution < 1.29 is 4.79 Å². The second-order valence-electron chi connectivity index (χ2n) is 5.39. The van der Waals surface area contributed by atoms with Crippen molar-refractivity contribution in [1.82, 2.24) is 24.6 Å². The number of carbonyl (C=O) groups is 1. The van der Waals surface area contributed by atoms with Crippen molar-refractivity contribution in [3.8, 4) is 0 Å². The zero-order valence-corrected chi connectivity index (χ0v) is 12.9. The average Bonchev–Trinajstić information content (AvgIpc) is 2.77. The van der Waals surface area contributed by atoms with E-state index >= 15 is 0 Å². The number of aryl methyl sites for hydroxylation is 2. The Bertz CT molecular complexity index is 694. The van der Waals surface area contributed by atoms with E-state index < -0.39 is 0 Å². The van der Waals surface area contributed by atoms with Gasteiger partial charge in [0.15, 0.2) is 5.65 Å². The minimum atomic E-state index is -0.212. The molecule has 7 heteroatoms. The highest BCUT2D eigenvalue weighted by Crippen LogP contribution is 2.28. The van der Waals surface area contributed by atoms with Crippen LogP contribution in [0, 0.1) is 6.92 Å². The molecule has 1 aliphatic heterocycles. The molecule has 1 saturated heterocycles. The summed E-state index contributed by atoms with van der Waals surface area (Å²) in [4.78, 5) is 25.1. The van der Waals surface area contributed by atoms with Crippen molar-refractivity contribution in [2.75, 3.05) is 24.5 Å². The van der Waals surface area contributed by atoms with Gasteiger partial charge >= 0.3 is 0 Å². The van der Waals surface area contributed by atoms with Gasteiger partial charge in [0.25, 0.3) is 0 Å². The molecule has 3 rings (SSSR count). The van der Waals surface area contributed by atoms with Crippen LogP contribution in [0.3, 0.4) is 0 Å². The Morgan fingerprint density at radius 1 is 1.33 bits per heavy atom. The van der Waals surface area contributed by atoms with Crippen LogP contribution in [0.5, 0.6) is 0 Å². The van der Waals surface area contributed by atoms with E-state index in [-0.39, 0.29) is 11.9 Å². The van der Waals surface area contributed by atoms with Crippen LogP contribution in [0.4, 0.5) is 5.82 Å². The third kappa shape index (κ3) is 2.03. The highest BCUT2D eigenvalue weighted by Gasteiger charge is 2.33. The predicted molar refractivity (Wildman–Crippen MR) is 80.1 cm³/mol. The monoisotopic (exact) mass is 288 g/mol. The minimum Gasteiger partial charge on any atom is -0.342 e. The maximum absolute atomic E-state index is 12.4. The van der Waals surface area contributed by atoms with Crippen molar-refractivity contribution in [1.29, 1.82) is 0 Å². The lowest BCUT2D eigenvalue weighted by Crippen LogP contribution is -2.56. The fraction of sp³-hybridized carbons (Fsp3) is 0.571. The second-order valence-corrected chi connectivity index (χ2v) is 5.39. The molecule has 2 aromatic heterocycles. The van der Waals surface area contributed by atoms with Crippen molar-refractivity contribution in [3.63, 3.8) is 0 Å². The molecule has 2 aromatic rings. The van der Waals surface area contributed by atoms with Gasteiger partial charge in [0.05, 0.1) is 11.1 Å². The zero-order chi connectivity index (χ0) is 15.1. The predicted octanol–water partition coefficient (Wildman–Crippen LogP) is 0.729. The van der Waals surface area contributed by atoms with E-state index in [9.17, 15) is 4.79 Å². The quantitative estimate of drug-likeness (QED) is 0.815. The van der Waals surface area contributed by atoms with Gasteiger partial charge in [-0.3, -0.25) is 9.48 Å². The smallest absolute Gasteiger partial charge is 0.245 e. The second kappa shape index (κ2) is 4.98. The summed E-state index contributed by atoms with van der Waals surface area (Å²) in [5.41, 5.74) is 1.69. The van der Waals surface area contributed by atoms with E-state index in [4.69, 9.17) is 0 Å². The Balaban J connectivity index is 2.07. The minimum absolute atomic E-state index is 0.150. The van der Waals surface area contributed by atoms with E-state index in [2.05, 4.69) is 20.0 Å². The maximum Gasteiger partial charge on any atom is 0.245 e. The van der Waals surface area contributed by atoms with E-state index in [1.807, 2.05) is 32.7 Å². The molecule has 0 bridgehead atoms. The molecule has 0 spiro atoms. The van der Waals surface area contributed by atoms with Gasteiger partial charge in [0, 0.05) is 26.7 Å². The first kappa shape index (κ1) is 13.8. The summed E-state index contributed by atoms with van der Waals surface area (Å²) in [6, 6.07) is -0.212. The number of hydrogen-bond acceptors (Lipinski definition) is 5. The van der Waals surface area contributed by atoms with Gasteiger partial charge < -0.3 is 9.80 Å². The molecule has 1 amide bonds. The van der Waals surface area contributed by atoms with Gasteiger partial charge in [-0.2, -0.15) is 5.10 Å². The van der Waals surface area contributed by atoms with Crippen LogP contribution >= 0.6 is 0 Å². The first-order valence-corrected chi connectivity index (χ1v) is 7.24. The number of anilines is 1. The number of carbonyl (C=O) groups excluding carboxylic acids is 1. The number of nitrogens with zero attached hydrogens (tertiary/aromatic N) is 6. The van der Waals surface area contributed by atoms with Crippen LogP contribution < -0.4 is 4.90 Å². The summed E-state index contributed by atoms with van der Waals surface area (Å²) in [6.07, 6.45) is 1.54. The molecule has 3 heterocycles. The Morgan fingerprint density at radius 3 is 2.81 bits per heavy atom. The zero-order valence-electron chi connectivity index (χ0n) is 12.9. The van der Waals surface area contributed by atoms with E-state index in [0.717, 1.165) is 42.2 Å². The highest BCUT2D eigenvalue weighted by atomic mass is 16.2. The van der Waals surface area contributed by atoms with Gasteiger partial charge in [-0.25, -0.2) is 9.97 Å². The number of aromatic nitrogens is 4. The number of likely N-dealkylation sites (N-methyl/N-ethyl adjacent to an activating group) is 1. The summed E-state index contributed by atoms with van der Waals surface area (Å²) < 4.78 is 1.75. The Labute approximate surface area is 123 Å². The standard InChI is InChI=1S/C14H20N6O/c1-5-19-6-7-20(10(3)14(19)21)13-11-9(2)17-18(4)12(11)15-8-16-13/h8,10H,5-7H2,1-4H3/t10-/m1/s1. The largest absolute Gasteiger partial charge is 0.342 e. The van der Waals surface area contributed by atoms with Crippen LogP contribution in [-0.4, -0.2) is 56.2 Å². The van der Waals surface area contributed by atoms with Gasteiger partial charge in [-0.1, -0.05) is 0 Å². The summed E-state index contributed by atoms with van der Waals surface area (Å²) in [5.74, 6) is 0.958. The molecule has 1 aliphatic rings. The van der Waals surface area contributed by atoms with E-state index in [1.165, 1.54) is 0 Å². The number of amides is 1. The van der Waals surface area contributed by atoms with Crippen LogP contribution in [0.1, 0.15) is 19.5 Å². The molecular formula is C14H20N6O. The molecule has 0 unspecified atom stereocenters. The summed E-state index contributed by atoms with van der Waals surface area (Å²) in [5, 5.41) is 5.35. The Morgan fingerprint density at radius 2 is 2.10 bits per heavy atom. The molecule has 112 valence electrons. The fourth-order valence-electron chi connectivity index (χ4n) is 3.01. The maximum atomic E-state index is 12.4. The molecule has 7 nitrogen and oxygen atoms in total. The van der Waals surface area contributed by atoms with Gasteiger partial charge in [-0.05, 0) is 20.8 Å². The van der Waals surface area contributed by atoms with E-state index in [1.54, 1.807) is 11.0 Å². The number of fused-ring (bicyclic) bond motifs is 1. The number of hydrogen-bond donors (Lipinski definition) is 0. The first-order valence-electron chi connectivity index (χ1n) is 7.24. The number of piperazine rings is 1. The molecule has 0 N–H and O–H groups in total. The molecule has 0 aromatic carbocycles. The normalized spacial score (nSPS) is 19.6. The Hall–Kier alpha value is -2.18. The Kier molecular flexibility index (Phi) is 3.27. The fourth-order valence-corrected chi connectivity index (χ4v) is 3.01. The van der Waals surface area contributed by atoms with Crippen molar-refractivity contribution >= 4 is 22.8 Å². The third-order valence-electron chi connectivity index (χ3n) is 4.18. The summed E-state index contributed by atoms with van der Waals surface area (Å²) in [6.45, 7) is 8.15. The molecule has 0 radical (unpaired) electrons. The average molecular weight is 288 g/mol. The van der Waals surface area contributed by atoms with Crippen molar-refractivity contribution in [2.45, 2.75) is 26.8 Å². The lowest BCUT2D eigenvalue weighted by Gasteiger charge is -2.39. The molecular weight excluding hydrogens is 268 g/mol. The molecule has 21 heavy (non-hydrogen) atoms. The molecule has 1 atom stereocenters. The third-order valence-corrected chi connectivity index (χ3v) is 4.18. The van der Waals surface area contributed by atoms with Crippen molar-refractivity contribution in [2.24, 2.45) is 7.05 Å². The SMILES string of the molecule is CCN1CCN(c2ncnc3c2c(C)nn3C)[C@H](C)C1=O. The van der Waals surface area contributed by atoms with Gasteiger partial charge in [0.1, 0.15) is 18.2 Å². The van der Waals surface area contributed by atoms with E-state index in [0.29, 0.717) is 0 Å². The topological polar surface area (TPSA) is 67.2 Å². The van der Waals surface area contributed by atoms with Crippen LogP contribution in [0.25, 0.3) is 11.0 Å². The van der Waals surface area contributed by atoms with Crippen molar-refractivity contribution in [3.05, 3.63) is 12.0 Å². The summed E-state index contributed by atoms with van der Waals surface area (Å²) >= 11 is 0. The first-order chi connectivity index (χ1) is 10.0. The number of rotatable bonds is 2. The lowest BCUT2D eigenvalue weighted by molar-refractivity contribution is -0.133.